The van der Waals surface area contributed by atoms with Crippen LogP contribution < -0.4 is 17.2 Å². The van der Waals surface area contributed by atoms with E-state index < -0.39 is 0 Å². The Morgan fingerprint density at radius 3 is 2.56 bits per heavy atom. The van der Waals surface area contributed by atoms with Crippen LogP contribution in [0, 0.1) is 6.92 Å². The summed E-state index contributed by atoms with van der Waals surface area (Å²) in [4.78, 5) is 10.4. The van der Waals surface area contributed by atoms with Gasteiger partial charge in [0.05, 0.1) is 6.04 Å². The fourth-order valence-corrected chi connectivity index (χ4v) is 2.33. The molecule has 0 fully saturated rings. The lowest BCUT2D eigenvalue weighted by Gasteiger charge is -2.04. The van der Waals surface area contributed by atoms with E-state index in [0.717, 1.165) is 6.42 Å². The minimum atomic E-state index is -0.0691. The van der Waals surface area contributed by atoms with E-state index in [4.69, 9.17) is 17.2 Å². The molecule has 16 heavy (non-hydrogen) atoms. The normalized spacial score (nSPS) is 13.5. The molecule has 1 aromatic rings. The summed E-state index contributed by atoms with van der Waals surface area (Å²) in [5.74, 6) is 0.0567. The van der Waals surface area contributed by atoms with Crippen molar-refractivity contribution >= 4 is 23.3 Å². The average molecular weight is 239 g/mol. The van der Waals surface area contributed by atoms with E-state index in [1.807, 2.05) is 6.92 Å². The summed E-state index contributed by atoms with van der Waals surface area (Å²) < 4.78 is 0. The van der Waals surface area contributed by atoms with E-state index >= 15 is 0 Å². The van der Waals surface area contributed by atoms with Crippen LogP contribution in [0.25, 0.3) is 0 Å². The van der Waals surface area contributed by atoms with Gasteiger partial charge >= 0.3 is 0 Å². The summed E-state index contributed by atoms with van der Waals surface area (Å²) in [6, 6.07) is 4.26. The van der Waals surface area contributed by atoms with Crippen molar-refractivity contribution in [2.45, 2.75) is 26.3 Å². The second-order valence-electron chi connectivity index (χ2n) is 3.59. The SMILES string of the molecule is Cc1ccc(CC(C)N=C(N)N=C(N)N)s1. The van der Waals surface area contributed by atoms with E-state index in [0.29, 0.717) is 0 Å². The first kappa shape index (κ1) is 12.5. The minimum absolute atomic E-state index is 0.0691. The number of guanidine groups is 2. The molecule has 88 valence electrons. The van der Waals surface area contributed by atoms with E-state index in [2.05, 4.69) is 29.0 Å². The van der Waals surface area contributed by atoms with E-state index in [-0.39, 0.29) is 18.0 Å². The predicted octanol–water partition coefficient (Wildman–Crippen LogP) is 0.576. The lowest BCUT2D eigenvalue weighted by Crippen LogP contribution is -2.27. The molecule has 0 radical (unpaired) electrons. The summed E-state index contributed by atoms with van der Waals surface area (Å²) in [6.45, 7) is 4.06. The molecule has 1 heterocycles. The first-order valence-electron chi connectivity index (χ1n) is 4.95. The van der Waals surface area contributed by atoms with Gasteiger partial charge in [0.15, 0.2) is 5.96 Å². The summed E-state index contributed by atoms with van der Waals surface area (Å²) in [7, 11) is 0. The Kier molecular flexibility index (Phi) is 4.30. The summed E-state index contributed by atoms with van der Waals surface area (Å²) in [5, 5.41) is 0. The highest BCUT2D eigenvalue weighted by molar-refractivity contribution is 7.11. The third-order valence-electron chi connectivity index (χ3n) is 1.89. The number of hydrogen-bond donors (Lipinski definition) is 3. The molecule has 0 saturated heterocycles. The maximum absolute atomic E-state index is 5.54. The Labute approximate surface area is 99.1 Å². The van der Waals surface area contributed by atoms with Crippen molar-refractivity contribution in [1.29, 1.82) is 0 Å². The van der Waals surface area contributed by atoms with Crippen LogP contribution in [0.1, 0.15) is 16.7 Å². The molecule has 0 aliphatic heterocycles. The molecular weight excluding hydrogens is 222 g/mol. The Hall–Kier alpha value is -1.56. The first-order valence-corrected chi connectivity index (χ1v) is 5.77. The Morgan fingerprint density at radius 1 is 1.38 bits per heavy atom. The highest BCUT2D eigenvalue weighted by atomic mass is 32.1. The summed E-state index contributed by atoms with van der Waals surface area (Å²) in [6.07, 6.45) is 0.846. The topological polar surface area (TPSA) is 103 Å². The van der Waals surface area contributed by atoms with Crippen LogP contribution >= 0.6 is 11.3 Å². The molecule has 5 nitrogen and oxygen atoms in total. The van der Waals surface area contributed by atoms with Gasteiger partial charge in [0.25, 0.3) is 0 Å². The maximum Gasteiger partial charge on any atom is 0.218 e. The number of hydrogen-bond acceptors (Lipinski definition) is 2. The van der Waals surface area contributed by atoms with Crippen molar-refractivity contribution in [3.8, 4) is 0 Å². The fourth-order valence-electron chi connectivity index (χ4n) is 1.32. The van der Waals surface area contributed by atoms with E-state index in [9.17, 15) is 0 Å². The Bertz CT molecular complexity index is 403. The van der Waals surface area contributed by atoms with Gasteiger partial charge in [-0.25, -0.2) is 4.99 Å². The predicted molar refractivity (Wildman–Crippen MR) is 69.7 cm³/mol. The minimum Gasteiger partial charge on any atom is -0.370 e. The van der Waals surface area contributed by atoms with Crippen LogP contribution in [0.5, 0.6) is 0 Å². The molecule has 0 aliphatic carbocycles. The zero-order chi connectivity index (χ0) is 12.1. The van der Waals surface area contributed by atoms with Crippen LogP contribution in [0.15, 0.2) is 22.1 Å². The van der Waals surface area contributed by atoms with Crippen molar-refractivity contribution in [1.82, 2.24) is 0 Å². The van der Waals surface area contributed by atoms with Gasteiger partial charge in [-0.1, -0.05) is 0 Å². The van der Waals surface area contributed by atoms with Crippen molar-refractivity contribution in [2.24, 2.45) is 27.2 Å². The number of rotatable bonds is 3. The first-order chi connectivity index (χ1) is 7.47. The second kappa shape index (κ2) is 5.50. The largest absolute Gasteiger partial charge is 0.370 e. The number of thiophene rings is 1. The molecule has 0 aromatic carbocycles. The van der Waals surface area contributed by atoms with E-state index in [1.165, 1.54) is 9.75 Å². The Balaban J connectivity index is 2.59. The third kappa shape index (κ3) is 4.31. The maximum atomic E-state index is 5.54. The third-order valence-corrected chi connectivity index (χ3v) is 2.91. The van der Waals surface area contributed by atoms with Gasteiger partial charge < -0.3 is 17.2 Å². The van der Waals surface area contributed by atoms with Gasteiger partial charge in [-0.2, -0.15) is 4.99 Å². The molecule has 1 unspecified atom stereocenters. The molecule has 0 aliphatic rings. The van der Waals surface area contributed by atoms with Crippen LogP contribution in [-0.2, 0) is 6.42 Å². The molecule has 1 atom stereocenters. The number of nitrogens with two attached hydrogens (primary N) is 3. The van der Waals surface area contributed by atoms with Crippen LogP contribution in [0.2, 0.25) is 0 Å². The smallest absolute Gasteiger partial charge is 0.218 e. The summed E-state index contributed by atoms with van der Waals surface area (Å²) in [5.41, 5.74) is 15.9. The van der Waals surface area contributed by atoms with Gasteiger partial charge in [0.2, 0.25) is 5.96 Å². The van der Waals surface area contributed by atoms with Crippen molar-refractivity contribution in [3.05, 3.63) is 21.9 Å². The molecule has 1 rings (SSSR count). The van der Waals surface area contributed by atoms with Crippen LogP contribution in [0.3, 0.4) is 0 Å². The molecule has 1 aromatic heterocycles. The molecular formula is C10H17N5S. The van der Waals surface area contributed by atoms with Crippen molar-refractivity contribution < 1.29 is 0 Å². The molecule has 0 saturated carbocycles. The quantitative estimate of drug-likeness (QED) is 0.531. The second-order valence-corrected chi connectivity index (χ2v) is 4.96. The highest BCUT2D eigenvalue weighted by Gasteiger charge is 2.04. The lowest BCUT2D eigenvalue weighted by atomic mass is 10.2. The molecule has 6 heteroatoms. The Morgan fingerprint density at radius 2 is 2.06 bits per heavy atom. The number of aryl methyl sites for hydroxylation is 1. The van der Waals surface area contributed by atoms with Crippen molar-refractivity contribution in [2.75, 3.05) is 0 Å². The highest BCUT2D eigenvalue weighted by Crippen LogP contribution is 2.17. The zero-order valence-corrected chi connectivity index (χ0v) is 10.3. The standard InChI is InChI=1S/C10H17N5S/c1-6(14-10(13)15-9(11)12)5-8-4-3-7(2)16-8/h3-4,6H,5H2,1-2H3,(H6,11,12,13,14,15). The van der Waals surface area contributed by atoms with Crippen molar-refractivity contribution in [3.63, 3.8) is 0 Å². The number of nitrogens with zero attached hydrogens (tertiary/aromatic N) is 2. The van der Waals surface area contributed by atoms with E-state index in [1.54, 1.807) is 11.3 Å². The number of aliphatic imine (C=N–C) groups is 2. The summed E-state index contributed by atoms with van der Waals surface area (Å²) >= 11 is 1.76. The molecule has 0 spiro atoms. The molecule has 0 amide bonds. The van der Waals surface area contributed by atoms with Crippen LogP contribution in [0.4, 0.5) is 0 Å². The zero-order valence-electron chi connectivity index (χ0n) is 9.47. The lowest BCUT2D eigenvalue weighted by molar-refractivity contribution is 0.746. The van der Waals surface area contributed by atoms with Gasteiger partial charge in [-0.15, -0.1) is 11.3 Å². The van der Waals surface area contributed by atoms with Crippen LogP contribution in [-0.4, -0.2) is 18.0 Å². The molecule has 6 N–H and O–H groups in total. The fraction of sp³-hybridized carbons (Fsp3) is 0.400. The van der Waals surface area contributed by atoms with Gasteiger partial charge in [0, 0.05) is 16.2 Å². The average Bonchev–Trinajstić information content (AvgIpc) is 2.48. The van der Waals surface area contributed by atoms with Gasteiger partial charge in [0.1, 0.15) is 0 Å². The van der Waals surface area contributed by atoms with Gasteiger partial charge in [-0.05, 0) is 26.0 Å². The molecule has 0 bridgehead atoms. The monoisotopic (exact) mass is 239 g/mol. The van der Waals surface area contributed by atoms with Gasteiger partial charge in [-0.3, -0.25) is 0 Å².